The predicted octanol–water partition coefficient (Wildman–Crippen LogP) is 1.90. The molecule has 0 amide bonds. The first-order valence-corrected chi connectivity index (χ1v) is 6.62. The minimum atomic E-state index is 0.664. The van der Waals surface area contributed by atoms with Gasteiger partial charge in [-0.1, -0.05) is 6.92 Å². The minimum Gasteiger partial charge on any atom is -0.315 e. The molecule has 1 fully saturated rings. The van der Waals surface area contributed by atoms with Crippen LogP contribution < -0.4 is 5.32 Å². The molecule has 0 aromatic carbocycles. The van der Waals surface area contributed by atoms with Gasteiger partial charge in [-0.15, -0.1) is 0 Å². The molecule has 1 aromatic heterocycles. The molecule has 1 aliphatic carbocycles. The molecule has 0 spiro atoms. The van der Waals surface area contributed by atoms with Crippen molar-refractivity contribution < 1.29 is 0 Å². The average molecular weight is 233 g/mol. The molecular formula is C14H23N3. The Labute approximate surface area is 104 Å². The van der Waals surface area contributed by atoms with E-state index in [0.717, 1.165) is 25.6 Å². The van der Waals surface area contributed by atoms with Gasteiger partial charge in [0, 0.05) is 31.5 Å². The highest BCUT2D eigenvalue weighted by molar-refractivity contribution is 5.09. The summed E-state index contributed by atoms with van der Waals surface area (Å²) in [6, 6.07) is 4.87. The third kappa shape index (κ3) is 3.79. The molecule has 0 bridgehead atoms. The van der Waals surface area contributed by atoms with Crippen LogP contribution in [0.15, 0.2) is 24.5 Å². The van der Waals surface area contributed by atoms with E-state index >= 15 is 0 Å². The first-order chi connectivity index (χ1) is 8.33. The highest BCUT2D eigenvalue weighted by atomic mass is 15.1. The Kier molecular flexibility index (Phi) is 4.51. The van der Waals surface area contributed by atoms with E-state index in [1.165, 1.54) is 18.4 Å². The zero-order valence-electron chi connectivity index (χ0n) is 10.9. The van der Waals surface area contributed by atoms with E-state index in [1.54, 1.807) is 0 Å². The molecule has 1 aliphatic rings. The van der Waals surface area contributed by atoms with Crippen LogP contribution in [-0.2, 0) is 6.54 Å². The van der Waals surface area contributed by atoms with Crippen LogP contribution in [-0.4, -0.2) is 36.1 Å². The van der Waals surface area contributed by atoms with Crippen LogP contribution in [0.1, 0.15) is 25.3 Å². The minimum absolute atomic E-state index is 0.664. The van der Waals surface area contributed by atoms with Crippen molar-refractivity contribution in [2.45, 2.75) is 32.4 Å². The average Bonchev–Trinajstić information content (AvgIpc) is 3.20. The molecule has 1 aromatic rings. The summed E-state index contributed by atoms with van der Waals surface area (Å²) in [6.45, 7) is 5.53. The van der Waals surface area contributed by atoms with Crippen LogP contribution in [0.3, 0.4) is 0 Å². The largest absolute Gasteiger partial charge is 0.315 e. The van der Waals surface area contributed by atoms with E-state index in [9.17, 15) is 0 Å². The molecule has 1 unspecified atom stereocenters. The van der Waals surface area contributed by atoms with Crippen LogP contribution in [0.25, 0.3) is 0 Å². The molecular weight excluding hydrogens is 210 g/mol. The van der Waals surface area contributed by atoms with Crippen molar-refractivity contribution >= 4 is 0 Å². The highest BCUT2D eigenvalue weighted by Crippen LogP contribution is 2.32. The number of nitrogens with zero attached hydrogens (tertiary/aromatic N) is 2. The van der Waals surface area contributed by atoms with Crippen molar-refractivity contribution in [2.75, 3.05) is 20.1 Å². The van der Waals surface area contributed by atoms with Crippen molar-refractivity contribution in [1.29, 1.82) is 0 Å². The first kappa shape index (κ1) is 12.5. The number of likely N-dealkylation sites (N-methyl/N-ethyl adjacent to an activating group) is 2. The van der Waals surface area contributed by atoms with Gasteiger partial charge in [0.1, 0.15) is 0 Å². The zero-order chi connectivity index (χ0) is 12.1. The Morgan fingerprint density at radius 1 is 1.41 bits per heavy atom. The second kappa shape index (κ2) is 6.12. The fourth-order valence-electron chi connectivity index (χ4n) is 2.30. The third-order valence-corrected chi connectivity index (χ3v) is 3.62. The number of pyridine rings is 1. The van der Waals surface area contributed by atoms with E-state index in [4.69, 9.17) is 0 Å². The normalized spacial score (nSPS) is 17.4. The summed E-state index contributed by atoms with van der Waals surface area (Å²) in [5, 5.41) is 3.46. The lowest BCUT2D eigenvalue weighted by molar-refractivity contribution is 0.238. The number of nitrogens with one attached hydrogen (secondary N) is 1. The summed E-state index contributed by atoms with van der Waals surface area (Å²) in [4.78, 5) is 6.57. The smallest absolute Gasteiger partial charge is 0.0271 e. The fraction of sp³-hybridized carbons (Fsp3) is 0.643. The number of hydrogen-bond donors (Lipinski definition) is 1. The van der Waals surface area contributed by atoms with E-state index in [2.05, 4.69) is 41.3 Å². The van der Waals surface area contributed by atoms with Crippen LogP contribution >= 0.6 is 0 Å². The molecule has 1 heterocycles. The lowest BCUT2D eigenvalue weighted by atomic mass is 10.1. The van der Waals surface area contributed by atoms with Crippen LogP contribution in [0.2, 0.25) is 0 Å². The van der Waals surface area contributed by atoms with Gasteiger partial charge in [0.15, 0.2) is 0 Å². The van der Waals surface area contributed by atoms with Gasteiger partial charge in [-0.2, -0.15) is 0 Å². The van der Waals surface area contributed by atoms with Gasteiger partial charge in [-0.05, 0) is 50.0 Å². The topological polar surface area (TPSA) is 28.2 Å². The van der Waals surface area contributed by atoms with Gasteiger partial charge in [-0.3, -0.25) is 9.88 Å². The predicted molar refractivity (Wildman–Crippen MR) is 70.8 cm³/mol. The summed E-state index contributed by atoms with van der Waals surface area (Å²) >= 11 is 0. The third-order valence-electron chi connectivity index (χ3n) is 3.62. The molecule has 1 saturated carbocycles. The zero-order valence-corrected chi connectivity index (χ0v) is 10.9. The van der Waals surface area contributed by atoms with Crippen molar-refractivity contribution in [1.82, 2.24) is 15.2 Å². The molecule has 3 heteroatoms. The van der Waals surface area contributed by atoms with Gasteiger partial charge in [-0.25, -0.2) is 0 Å². The van der Waals surface area contributed by atoms with Crippen molar-refractivity contribution in [3.05, 3.63) is 30.1 Å². The van der Waals surface area contributed by atoms with Crippen molar-refractivity contribution in [2.24, 2.45) is 5.92 Å². The van der Waals surface area contributed by atoms with Crippen molar-refractivity contribution in [3.8, 4) is 0 Å². The van der Waals surface area contributed by atoms with E-state index in [-0.39, 0.29) is 0 Å². The molecule has 1 N–H and O–H groups in total. The maximum atomic E-state index is 4.06. The van der Waals surface area contributed by atoms with Gasteiger partial charge >= 0.3 is 0 Å². The summed E-state index contributed by atoms with van der Waals surface area (Å²) < 4.78 is 0. The molecule has 0 radical (unpaired) electrons. The summed E-state index contributed by atoms with van der Waals surface area (Å²) in [7, 11) is 2.09. The number of aromatic nitrogens is 1. The Hall–Kier alpha value is -0.930. The molecule has 94 valence electrons. The number of rotatable bonds is 7. The van der Waals surface area contributed by atoms with Gasteiger partial charge in [0.25, 0.3) is 0 Å². The first-order valence-electron chi connectivity index (χ1n) is 6.62. The lowest BCUT2D eigenvalue weighted by Gasteiger charge is -2.26. The lowest BCUT2D eigenvalue weighted by Crippen LogP contribution is -2.40. The molecule has 0 saturated heterocycles. The monoisotopic (exact) mass is 233 g/mol. The number of hydrogen-bond acceptors (Lipinski definition) is 3. The molecule has 3 nitrogen and oxygen atoms in total. The van der Waals surface area contributed by atoms with Crippen LogP contribution in [0.4, 0.5) is 0 Å². The molecule has 0 aliphatic heterocycles. The van der Waals surface area contributed by atoms with Gasteiger partial charge < -0.3 is 5.32 Å². The van der Waals surface area contributed by atoms with Crippen LogP contribution in [0.5, 0.6) is 0 Å². The quantitative estimate of drug-likeness (QED) is 0.779. The Bertz CT molecular complexity index is 321. The van der Waals surface area contributed by atoms with E-state index in [0.29, 0.717) is 6.04 Å². The molecule has 2 rings (SSSR count). The summed E-state index contributed by atoms with van der Waals surface area (Å²) in [5.41, 5.74) is 1.35. The Morgan fingerprint density at radius 2 is 2.12 bits per heavy atom. The van der Waals surface area contributed by atoms with Gasteiger partial charge in [0.05, 0.1) is 0 Å². The fourth-order valence-corrected chi connectivity index (χ4v) is 2.30. The van der Waals surface area contributed by atoms with E-state index < -0.39 is 0 Å². The summed E-state index contributed by atoms with van der Waals surface area (Å²) in [5.74, 6) is 0.909. The van der Waals surface area contributed by atoms with Crippen LogP contribution in [0, 0.1) is 5.92 Å². The molecule has 17 heavy (non-hydrogen) atoms. The van der Waals surface area contributed by atoms with Gasteiger partial charge in [0.2, 0.25) is 0 Å². The Morgan fingerprint density at radius 3 is 2.65 bits per heavy atom. The maximum absolute atomic E-state index is 4.06. The summed E-state index contributed by atoms with van der Waals surface area (Å²) in [6.07, 6.45) is 6.55. The SMILES string of the molecule is CCN(Cc1ccncc1)CC(NC)C1CC1. The Balaban J connectivity index is 1.87. The second-order valence-corrected chi connectivity index (χ2v) is 4.92. The van der Waals surface area contributed by atoms with E-state index in [1.807, 2.05) is 12.4 Å². The second-order valence-electron chi connectivity index (χ2n) is 4.92. The maximum Gasteiger partial charge on any atom is 0.0271 e. The van der Waals surface area contributed by atoms with Crippen molar-refractivity contribution in [3.63, 3.8) is 0 Å². The highest BCUT2D eigenvalue weighted by Gasteiger charge is 2.30. The standard InChI is InChI=1S/C14H23N3/c1-3-17(10-12-6-8-16-9-7-12)11-14(15-2)13-4-5-13/h6-9,13-15H,3-5,10-11H2,1-2H3. The molecule has 1 atom stereocenters.